The molecule has 0 aliphatic heterocycles. The zero-order chi connectivity index (χ0) is 15.4. The fourth-order valence-corrected chi connectivity index (χ4v) is 2.77. The zero-order valence-corrected chi connectivity index (χ0v) is 15.0. The molecule has 1 amide bonds. The van der Waals surface area contributed by atoms with E-state index in [1.807, 2.05) is 18.2 Å². The highest BCUT2D eigenvalue weighted by atomic mass is 127. The molecule has 110 valence electrons. The lowest BCUT2D eigenvalue weighted by atomic mass is 10.2. The van der Waals surface area contributed by atoms with Crippen LogP contribution in [0, 0.1) is 3.57 Å². The van der Waals surface area contributed by atoms with E-state index in [-0.39, 0.29) is 5.91 Å². The molecule has 2 rings (SSSR count). The third-order valence-corrected chi connectivity index (χ3v) is 3.84. The van der Waals surface area contributed by atoms with E-state index >= 15 is 0 Å². The van der Waals surface area contributed by atoms with Gasteiger partial charge in [0, 0.05) is 23.3 Å². The second-order valence-corrected chi connectivity index (χ2v) is 6.16. The molecule has 0 bridgehead atoms. The van der Waals surface area contributed by atoms with Crippen LogP contribution in [-0.4, -0.2) is 29.0 Å². The van der Waals surface area contributed by atoms with Crippen molar-refractivity contribution in [2.45, 2.75) is 0 Å². The van der Waals surface area contributed by atoms with Gasteiger partial charge in [-0.05, 0) is 40.8 Å². The number of carbonyl (C=O) groups excluding carboxylic acids is 1. The number of amides is 1. The average Bonchev–Trinajstić information content (AvgIpc) is 2.78. The first-order valence-electron chi connectivity index (χ1n) is 5.87. The number of aromatic nitrogens is 2. The van der Waals surface area contributed by atoms with Crippen LogP contribution in [0.15, 0.2) is 34.0 Å². The molecule has 21 heavy (non-hydrogen) atoms. The Morgan fingerprint density at radius 2 is 2.33 bits per heavy atom. The summed E-state index contributed by atoms with van der Waals surface area (Å²) < 4.78 is 8.47. The van der Waals surface area contributed by atoms with Crippen molar-refractivity contribution in [1.29, 1.82) is 0 Å². The molecule has 6 nitrogen and oxygen atoms in total. The Balaban J connectivity index is 2.11. The average molecular weight is 463 g/mol. The van der Waals surface area contributed by atoms with E-state index in [2.05, 4.69) is 54.1 Å². The zero-order valence-electron chi connectivity index (χ0n) is 11.3. The molecule has 0 radical (unpaired) electrons. The van der Waals surface area contributed by atoms with Crippen molar-refractivity contribution in [3.8, 4) is 5.75 Å². The summed E-state index contributed by atoms with van der Waals surface area (Å²) in [6, 6.07) is 5.53. The summed E-state index contributed by atoms with van der Waals surface area (Å²) in [6.45, 7) is 0. The quantitative estimate of drug-likeness (QED) is 0.431. The van der Waals surface area contributed by atoms with Gasteiger partial charge in [0.15, 0.2) is 5.69 Å². The molecule has 0 saturated heterocycles. The maximum absolute atomic E-state index is 11.9. The Bertz CT molecular complexity index is 699. The lowest BCUT2D eigenvalue weighted by Crippen LogP contribution is -2.19. The van der Waals surface area contributed by atoms with Crippen molar-refractivity contribution in [2.24, 2.45) is 12.1 Å². The minimum absolute atomic E-state index is 0.344. The Kier molecular flexibility index (Phi) is 5.34. The molecule has 1 N–H and O–H groups in total. The molecule has 8 heteroatoms. The Labute approximate surface area is 143 Å². The fourth-order valence-electron chi connectivity index (χ4n) is 1.63. The molecule has 0 saturated carbocycles. The first kappa shape index (κ1) is 16.0. The van der Waals surface area contributed by atoms with Crippen LogP contribution in [0.4, 0.5) is 0 Å². The largest absolute Gasteiger partial charge is 0.496 e. The topological polar surface area (TPSA) is 68.5 Å². The van der Waals surface area contributed by atoms with Crippen LogP contribution in [0.5, 0.6) is 5.75 Å². The van der Waals surface area contributed by atoms with Gasteiger partial charge in [0.1, 0.15) is 5.75 Å². The number of benzene rings is 1. The first-order chi connectivity index (χ1) is 10.0. The van der Waals surface area contributed by atoms with E-state index in [1.54, 1.807) is 25.0 Å². The summed E-state index contributed by atoms with van der Waals surface area (Å²) in [4.78, 5) is 11.9. The van der Waals surface area contributed by atoms with Gasteiger partial charge in [-0.3, -0.25) is 9.48 Å². The number of methoxy groups -OCH3 is 1. The second-order valence-electron chi connectivity index (χ2n) is 4.08. The highest BCUT2D eigenvalue weighted by molar-refractivity contribution is 14.1. The van der Waals surface area contributed by atoms with Crippen LogP contribution in [-0.2, 0) is 7.05 Å². The third-order valence-electron chi connectivity index (χ3n) is 2.56. The van der Waals surface area contributed by atoms with Crippen molar-refractivity contribution in [3.05, 3.63) is 43.7 Å². The number of rotatable bonds is 4. The van der Waals surface area contributed by atoms with E-state index in [1.165, 1.54) is 6.21 Å². The SMILES string of the molecule is COc1ccc(Br)cc1/C=N/NC(=O)c1nn(C)cc1I. The van der Waals surface area contributed by atoms with Crippen LogP contribution in [0.25, 0.3) is 0 Å². The monoisotopic (exact) mass is 462 g/mol. The molecular formula is C13H12BrIN4O2. The summed E-state index contributed by atoms with van der Waals surface area (Å²) in [5, 5.41) is 8.01. The molecule has 0 atom stereocenters. The molecule has 0 spiro atoms. The van der Waals surface area contributed by atoms with E-state index in [0.717, 1.165) is 13.6 Å². The van der Waals surface area contributed by atoms with Crippen molar-refractivity contribution >= 4 is 50.6 Å². The van der Waals surface area contributed by atoms with Gasteiger partial charge in [-0.25, -0.2) is 5.43 Å². The predicted octanol–water partition coefficient (Wildman–Crippen LogP) is 2.56. The summed E-state index contributed by atoms with van der Waals surface area (Å²) >= 11 is 5.43. The van der Waals surface area contributed by atoms with Gasteiger partial charge in [-0.1, -0.05) is 15.9 Å². The van der Waals surface area contributed by atoms with Crippen molar-refractivity contribution < 1.29 is 9.53 Å². The fraction of sp³-hybridized carbons (Fsp3) is 0.154. The summed E-state index contributed by atoms with van der Waals surface area (Å²) in [6.07, 6.45) is 3.29. The van der Waals surface area contributed by atoms with Gasteiger partial charge < -0.3 is 4.74 Å². The number of hydrogen-bond acceptors (Lipinski definition) is 4. The maximum atomic E-state index is 11.9. The lowest BCUT2D eigenvalue weighted by Gasteiger charge is -2.04. The Morgan fingerprint density at radius 3 is 2.95 bits per heavy atom. The number of nitrogens with one attached hydrogen (secondary N) is 1. The molecule has 1 aromatic heterocycles. The van der Waals surface area contributed by atoms with Crippen LogP contribution in [0.1, 0.15) is 16.1 Å². The van der Waals surface area contributed by atoms with Gasteiger partial charge in [0.25, 0.3) is 5.91 Å². The van der Waals surface area contributed by atoms with Crippen molar-refractivity contribution in [2.75, 3.05) is 7.11 Å². The summed E-state index contributed by atoms with van der Waals surface area (Å²) in [7, 11) is 3.34. The highest BCUT2D eigenvalue weighted by Crippen LogP contribution is 2.21. The second kappa shape index (κ2) is 7.03. The predicted molar refractivity (Wildman–Crippen MR) is 91.7 cm³/mol. The molecular weight excluding hydrogens is 451 g/mol. The number of halogens is 2. The van der Waals surface area contributed by atoms with E-state index in [4.69, 9.17) is 4.74 Å². The number of aryl methyl sites for hydroxylation is 1. The van der Waals surface area contributed by atoms with Gasteiger partial charge in [-0.15, -0.1) is 0 Å². The number of carbonyl (C=O) groups is 1. The smallest absolute Gasteiger partial charge is 0.292 e. The molecule has 0 aliphatic carbocycles. The molecule has 0 aliphatic rings. The minimum atomic E-state index is -0.356. The Morgan fingerprint density at radius 1 is 1.57 bits per heavy atom. The molecule has 0 fully saturated rings. The van der Waals surface area contributed by atoms with Crippen LogP contribution < -0.4 is 10.2 Å². The first-order valence-corrected chi connectivity index (χ1v) is 7.74. The Hall–Kier alpha value is -1.42. The number of nitrogens with zero attached hydrogens (tertiary/aromatic N) is 3. The van der Waals surface area contributed by atoms with Gasteiger partial charge >= 0.3 is 0 Å². The number of ether oxygens (including phenoxy) is 1. The summed E-state index contributed by atoms with van der Waals surface area (Å²) in [5.41, 5.74) is 3.55. The molecule has 1 heterocycles. The molecule has 1 aromatic carbocycles. The lowest BCUT2D eigenvalue weighted by molar-refractivity contribution is 0.0948. The molecule has 2 aromatic rings. The van der Waals surface area contributed by atoms with E-state index in [0.29, 0.717) is 11.4 Å². The minimum Gasteiger partial charge on any atom is -0.496 e. The summed E-state index contributed by atoms with van der Waals surface area (Å²) in [5.74, 6) is 0.314. The van der Waals surface area contributed by atoms with Gasteiger partial charge in [0.05, 0.1) is 16.9 Å². The highest BCUT2D eigenvalue weighted by Gasteiger charge is 2.13. The van der Waals surface area contributed by atoms with Crippen molar-refractivity contribution in [1.82, 2.24) is 15.2 Å². The number of hydrogen-bond donors (Lipinski definition) is 1. The van der Waals surface area contributed by atoms with E-state index in [9.17, 15) is 4.79 Å². The number of hydrazone groups is 1. The van der Waals surface area contributed by atoms with Crippen LogP contribution >= 0.6 is 38.5 Å². The van der Waals surface area contributed by atoms with Gasteiger partial charge in [0.2, 0.25) is 0 Å². The van der Waals surface area contributed by atoms with Crippen LogP contribution in [0.2, 0.25) is 0 Å². The van der Waals surface area contributed by atoms with Crippen molar-refractivity contribution in [3.63, 3.8) is 0 Å². The standard InChI is InChI=1S/C13H12BrIN4O2/c1-19-7-10(15)12(18-19)13(20)17-16-6-8-5-9(14)3-4-11(8)21-2/h3-7H,1-2H3,(H,17,20)/b16-6+. The van der Waals surface area contributed by atoms with Crippen LogP contribution in [0.3, 0.4) is 0 Å². The maximum Gasteiger partial charge on any atom is 0.292 e. The molecule has 0 unspecified atom stereocenters. The van der Waals surface area contributed by atoms with E-state index < -0.39 is 0 Å². The normalized spacial score (nSPS) is 10.9. The third kappa shape index (κ3) is 4.03. The van der Waals surface area contributed by atoms with Gasteiger partial charge in [-0.2, -0.15) is 10.2 Å².